The van der Waals surface area contributed by atoms with Crippen molar-refractivity contribution in [3.8, 4) is 0 Å². The van der Waals surface area contributed by atoms with Gasteiger partial charge in [0, 0.05) is 11.6 Å². The lowest BCUT2D eigenvalue weighted by atomic mass is 9.99. The molecular weight excluding hydrogens is 356 g/mol. The lowest BCUT2D eigenvalue weighted by molar-refractivity contribution is -0.140. The molecule has 1 amide bonds. The Morgan fingerprint density at radius 2 is 1.92 bits per heavy atom. The summed E-state index contributed by atoms with van der Waals surface area (Å²) in [5.74, 6) is -1.96. The highest BCUT2D eigenvalue weighted by molar-refractivity contribution is 7.89. The van der Waals surface area contributed by atoms with Crippen LogP contribution in [0.2, 0.25) is 0 Å². The fourth-order valence-electron chi connectivity index (χ4n) is 3.04. The molecule has 0 aliphatic heterocycles. The van der Waals surface area contributed by atoms with E-state index in [-0.39, 0.29) is 22.4 Å². The summed E-state index contributed by atoms with van der Waals surface area (Å²) in [6.45, 7) is 3.58. The molecule has 7 nitrogen and oxygen atoms in total. The molecule has 26 heavy (non-hydrogen) atoms. The van der Waals surface area contributed by atoms with Crippen molar-refractivity contribution in [1.82, 2.24) is 10.0 Å². The molecule has 2 unspecified atom stereocenters. The number of benzene rings is 1. The average molecular weight is 382 g/mol. The van der Waals surface area contributed by atoms with Gasteiger partial charge in [-0.1, -0.05) is 39.2 Å². The summed E-state index contributed by atoms with van der Waals surface area (Å²) >= 11 is 0. The summed E-state index contributed by atoms with van der Waals surface area (Å²) in [6.07, 6.45) is 4.23. The Labute approximate surface area is 154 Å². The minimum Gasteiger partial charge on any atom is -0.480 e. The number of carbonyl (C=O) groups excluding carboxylic acids is 1. The Bertz CT molecular complexity index is 757. The van der Waals surface area contributed by atoms with Crippen molar-refractivity contribution in [2.75, 3.05) is 0 Å². The number of sulfonamides is 1. The van der Waals surface area contributed by atoms with Gasteiger partial charge in [-0.25, -0.2) is 17.9 Å². The van der Waals surface area contributed by atoms with Gasteiger partial charge in [-0.2, -0.15) is 0 Å². The van der Waals surface area contributed by atoms with Gasteiger partial charge in [-0.15, -0.1) is 0 Å². The van der Waals surface area contributed by atoms with Crippen LogP contribution in [0.3, 0.4) is 0 Å². The van der Waals surface area contributed by atoms with E-state index in [1.165, 1.54) is 24.3 Å². The fraction of sp³-hybridized carbons (Fsp3) is 0.556. The smallest absolute Gasteiger partial charge is 0.326 e. The van der Waals surface area contributed by atoms with Crippen LogP contribution in [0.15, 0.2) is 29.2 Å². The van der Waals surface area contributed by atoms with Gasteiger partial charge < -0.3 is 10.4 Å². The van der Waals surface area contributed by atoms with E-state index in [0.29, 0.717) is 6.42 Å². The number of amides is 1. The SMILES string of the molecule is CCC(C)C(NC(=O)c1cccc(S(=O)(=O)NC2CCCC2)c1)C(=O)O. The minimum absolute atomic E-state index is 0.00691. The first-order valence-corrected chi connectivity index (χ1v) is 10.4. The zero-order valence-electron chi connectivity index (χ0n) is 15.1. The van der Waals surface area contributed by atoms with Crippen LogP contribution in [0.1, 0.15) is 56.3 Å². The number of aliphatic carboxylic acids is 1. The minimum atomic E-state index is -3.71. The second-order valence-electron chi connectivity index (χ2n) is 6.81. The molecule has 0 aromatic heterocycles. The summed E-state index contributed by atoms with van der Waals surface area (Å²) in [5.41, 5.74) is 0.119. The second kappa shape index (κ2) is 8.64. The summed E-state index contributed by atoms with van der Waals surface area (Å²) in [5, 5.41) is 11.8. The lowest BCUT2D eigenvalue weighted by Crippen LogP contribution is -2.45. The van der Waals surface area contributed by atoms with Gasteiger partial charge >= 0.3 is 5.97 Å². The summed E-state index contributed by atoms with van der Waals surface area (Å²) in [7, 11) is -3.71. The zero-order chi connectivity index (χ0) is 19.3. The number of hydrogen-bond donors (Lipinski definition) is 3. The van der Waals surface area contributed by atoms with E-state index < -0.39 is 27.9 Å². The first-order valence-electron chi connectivity index (χ1n) is 8.90. The van der Waals surface area contributed by atoms with E-state index in [1.54, 1.807) is 6.92 Å². The highest BCUT2D eigenvalue weighted by atomic mass is 32.2. The Morgan fingerprint density at radius 3 is 2.50 bits per heavy atom. The van der Waals surface area contributed by atoms with E-state index in [0.717, 1.165) is 25.7 Å². The molecule has 1 saturated carbocycles. The van der Waals surface area contributed by atoms with Gasteiger partial charge in [0.15, 0.2) is 0 Å². The molecule has 1 aliphatic carbocycles. The molecule has 0 radical (unpaired) electrons. The number of carbonyl (C=O) groups is 2. The highest BCUT2D eigenvalue weighted by Gasteiger charge is 2.27. The van der Waals surface area contributed by atoms with E-state index in [2.05, 4.69) is 10.0 Å². The predicted molar refractivity (Wildman–Crippen MR) is 97.4 cm³/mol. The van der Waals surface area contributed by atoms with Gasteiger partial charge in [0.25, 0.3) is 5.91 Å². The molecule has 144 valence electrons. The molecule has 1 aliphatic rings. The van der Waals surface area contributed by atoms with Crippen LogP contribution in [0, 0.1) is 5.92 Å². The van der Waals surface area contributed by atoms with Gasteiger partial charge in [0.2, 0.25) is 10.0 Å². The highest BCUT2D eigenvalue weighted by Crippen LogP contribution is 2.21. The third-order valence-electron chi connectivity index (χ3n) is 4.85. The van der Waals surface area contributed by atoms with Crippen molar-refractivity contribution in [1.29, 1.82) is 0 Å². The molecule has 0 heterocycles. The molecule has 1 aromatic rings. The van der Waals surface area contributed by atoms with Crippen molar-refractivity contribution in [2.24, 2.45) is 5.92 Å². The van der Waals surface area contributed by atoms with Crippen LogP contribution in [0.5, 0.6) is 0 Å². The standard InChI is InChI=1S/C18H26N2O5S/c1-3-12(2)16(18(22)23)19-17(21)13-7-6-10-15(11-13)26(24,25)20-14-8-4-5-9-14/h6-7,10-12,14,16,20H,3-5,8-9H2,1-2H3,(H,19,21)(H,22,23). The van der Waals surface area contributed by atoms with Crippen LogP contribution in [0.25, 0.3) is 0 Å². The monoisotopic (exact) mass is 382 g/mol. The van der Waals surface area contributed by atoms with Gasteiger partial charge in [-0.3, -0.25) is 4.79 Å². The van der Waals surface area contributed by atoms with Crippen LogP contribution in [-0.2, 0) is 14.8 Å². The normalized spacial score (nSPS) is 17.6. The molecule has 0 saturated heterocycles. The largest absolute Gasteiger partial charge is 0.480 e. The van der Waals surface area contributed by atoms with Gasteiger partial charge in [-0.05, 0) is 37.0 Å². The van der Waals surface area contributed by atoms with Gasteiger partial charge in [0.1, 0.15) is 6.04 Å². The lowest BCUT2D eigenvalue weighted by Gasteiger charge is -2.20. The van der Waals surface area contributed by atoms with E-state index in [9.17, 15) is 23.1 Å². The van der Waals surface area contributed by atoms with Crippen LogP contribution in [-0.4, -0.2) is 37.5 Å². The van der Waals surface area contributed by atoms with E-state index >= 15 is 0 Å². The van der Waals surface area contributed by atoms with Crippen molar-refractivity contribution in [3.63, 3.8) is 0 Å². The van der Waals surface area contributed by atoms with Crippen molar-refractivity contribution < 1.29 is 23.1 Å². The van der Waals surface area contributed by atoms with Crippen LogP contribution in [0.4, 0.5) is 0 Å². The van der Waals surface area contributed by atoms with Gasteiger partial charge in [0.05, 0.1) is 4.90 Å². The third-order valence-corrected chi connectivity index (χ3v) is 6.37. The van der Waals surface area contributed by atoms with Crippen LogP contribution >= 0.6 is 0 Å². The second-order valence-corrected chi connectivity index (χ2v) is 8.52. The molecular formula is C18H26N2O5S. The average Bonchev–Trinajstić information content (AvgIpc) is 3.10. The Hall–Kier alpha value is -1.93. The summed E-state index contributed by atoms with van der Waals surface area (Å²) < 4.78 is 27.7. The number of hydrogen-bond acceptors (Lipinski definition) is 4. The maximum absolute atomic E-state index is 12.5. The topological polar surface area (TPSA) is 113 Å². The van der Waals surface area contributed by atoms with E-state index in [1.807, 2.05) is 6.92 Å². The van der Waals surface area contributed by atoms with Crippen molar-refractivity contribution in [2.45, 2.75) is 62.9 Å². The molecule has 0 spiro atoms. The first kappa shape index (κ1) is 20.4. The fourth-order valence-corrected chi connectivity index (χ4v) is 4.39. The maximum Gasteiger partial charge on any atom is 0.326 e. The number of rotatable bonds is 8. The van der Waals surface area contributed by atoms with Crippen molar-refractivity contribution >= 4 is 21.9 Å². The number of nitrogens with one attached hydrogen (secondary N) is 2. The number of carboxylic acid groups (broad SMARTS) is 1. The number of carboxylic acids is 1. The molecule has 1 fully saturated rings. The molecule has 2 rings (SSSR count). The predicted octanol–water partition coefficient (Wildman–Crippen LogP) is 2.14. The summed E-state index contributed by atoms with van der Waals surface area (Å²) in [4.78, 5) is 23.8. The van der Waals surface area contributed by atoms with E-state index in [4.69, 9.17) is 0 Å². The Kier molecular flexibility index (Phi) is 6.77. The molecule has 8 heteroatoms. The van der Waals surface area contributed by atoms with Crippen molar-refractivity contribution in [3.05, 3.63) is 29.8 Å². The quantitative estimate of drug-likeness (QED) is 0.638. The molecule has 1 aromatic carbocycles. The Balaban J connectivity index is 2.16. The maximum atomic E-state index is 12.5. The molecule has 3 N–H and O–H groups in total. The molecule has 0 bridgehead atoms. The first-order chi connectivity index (χ1) is 12.2. The van der Waals surface area contributed by atoms with Crippen LogP contribution < -0.4 is 10.0 Å². The summed E-state index contributed by atoms with van der Waals surface area (Å²) in [6, 6.07) is 4.57. The molecule has 2 atom stereocenters. The Morgan fingerprint density at radius 1 is 1.27 bits per heavy atom. The zero-order valence-corrected chi connectivity index (χ0v) is 15.9. The third kappa shape index (κ3) is 5.04.